The Hall–Kier alpha value is -4.76. The lowest BCUT2D eigenvalue weighted by Gasteiger charge is -2.25. The van der Waals surface area contributed by atoms with Gasteiger partial charge in [0, 0.05) is 19.8 Å². The number of nitrogens with one attached hydrogen (secondary N) is 1. The van der Waals surface area contributed by atoms with Crippen molar-refractivity contribution in [2.24, 2.45) is 19.1 Å². The number of aryl methyl sites for hydroxylation is 3. The predicted molar refractivity (Wildman–Crippen MR) is 158 cm³/mol. The van der Waals surface area contributed by atoms with E-state index < -0.39 is 6.04 Å². The summed E-state index contributed by atoms with van der Waals surface area (Å²) in [4.78, 5) is 45.2. The van der Waals surface area contributed by atoms with Gasteiger partial charge in [-0.15, -0.1) is 0 Å². The Bertz CT molecular complexity index is 2080. The maximum Gasteiger partial charge on any atom is 0.328 e. The molecule has 0 saturated heterocycles. The number of para-hydroxylation sites is 1. The van der Waals surface area contributed by atoms with Gasteiger partial charge in [-0.1, -0.05) is 65.4 Å². The number of carbonyl (C=O) groups excluding carboxylic acids is 1. The summed E-state index contributed by atoms with van der Waals surface area (Å²) < 4.78 is 5.30. The highest BCUT2D eigenvalue weighted by atomic mass is 32.1. The second-order valence-electron chi connectivity index (χ2n) is 9.96. The molecule has 6 rings (SSSR count). The monoisotopic (exact) mass is 549 g/mol. The van der Waals surface area contributed by atoms with Crippen molar-refractivity contribution >= 4 is 40.0 Å². The second-order valence-corrected chi connectivity index (χ2v) is 11.0. The van der Waals surface area contributed by atoms with Gasteiger partial charge in [-0.25, -0.2) is 9.79 Å². The minimum Gasteiger partial charge on any atom is -0.322 e. The summed E-state index contributed by atoms with van der Waals surface area (Å²) in [5.74, 6) is -0.303. The van der Waals surface area contributed by atoms with Gasteiger partial charge in [-0.3, -0.25) is 23.3 Å². The molecule has 9 heteroatoms. The zero-order valence-corrected chi connectivity index (χ0v) is 23.3. The van der Waals surface area contributed by atoms with E-state index in [4.69, 9.17) is 4.99 Å². The summed E-state index contributed by atoms with van der Waals surface area (Å²) in [7, 11) is 3.47. The maximum atomic E-state index is 14.0. The molecular formula is C31H27N5O3S. The lowest BCUT2D eigenvalue weighted by Crippen LogP contribution is -2.40. The van der Waals surface area contributed by atoms with E-state index in [1.54, 1.807) is 27.8 Å². The van der Waals surface area contributed by atoms with Gasteiger partial charge >= 0.3 is 5.69 Å². The number of hydrogen-bond acceptors (Lipinski definition) is 5. The van der Waals surface area contributed by atoms with Crippen molar-refractivity contribution in [3.8, 4) is 0 Å². The minimum absolute atomic E-state index is 0.110. The van der Waals surface area contributed by atoms with Crippen LogP contribution in [0.4, 0.5) is 5.69 Å². The smallest absolute Gasteiger partial charge is 0.322 e. The summed E-state index contributed by atoms with van der Waals surface area (Å²) in [5, 5.41) is 2.97. The highest BCUT2D eigenvalue weighted by Gasteiger charge is 2.32. The van der Waals surface area contributed by atoms with Crippen molar-refractivity contribution in [2.75, 3.05) is 5.32 Å². The average Bonchev–Trinajstić information content (AvgIpc) is 3.36. The molecule has 0 radical (unpaired) electrons. The van der Waals surface area contributed by atoms with E-state index in [0.29, 0.717) is 26.3 Å². The molecule has 0 aliphatic carbocycles. The van der Waals surface area contributed by atoms with Gasteiger partial charge in [0.1, 0.15) is 0 Å². The van der Waals surface area contributed by atoms with Crippen molar-refractivity contribution in [1.82, 2.24) is 13.7 Å². The van der Waals surface area contributed by atoms with Gasteiger partial charge in [0.2, 0.25) is 0 Å². The first-order valence-corrected chi connectivity index (χ1v) is 13.7. The van der Waals surface area contributed by atoms with Gasteiger partial charge in [-0.05, 0) is 55.3 Å². The number of thiazole rings is 1. The van der Waals surface area contributed by atoms with Crippen LogP contribution in [0.3, 0.4) is 0 Å². The Morgan fingerprint density at radius 1 is 0.925 bits per heavy atom. The fourth-order valence-electron chi connectivity index (χ4n) is 5.16. The van der Waals surface area contributed by atoms with E-state index in [0.717, 1.165) is 27.7 Å². The third-order valence-electron chi connectivity index (χ3n) is 7.28. The van der Waals surface area contributed by atoms with Gasteiger partial charge < -0.3 is 5.32 Å². The zero-order chi connectivity index (χ0) is 28.1. The number of allylic oxidation sites excluding steroid dienone is 1. The molecule has 0 fully saturated rings. The van der Waals surface area contributed by atoms with Gasteiger partial charge in [0.15, 0.2) is 4.80 Å². The molecule has 1 aliphatic heterocycles. The van der Waals surface area contributed by atoms with Crippen LogP contribution in [-0.4, -0.2) is 19.6 Å². The fourth-order valence-corrected chi connectivity index (χ4v) is 6.21. The van der Waals surface area contributed by atoms with Crippen LogP contribution in [-0.2, 0) is 18.9 Å². The van der Waals surface area contributed by atoms with E-state index in [1.165, 1.54) is 11.3 Å². The molecule has 1 aliphatic rings. The van der Waals surface area contributed by atoms with Gasteiger partial charge in [0.25, 0.3) is 11.5 Å². The van der Waals surface area contributed by atoms with Crippen molar-refractivity contribution in [2.45, 2.75) is 19.9 Å². The van der Waals surface area contributed by atoms with Crippen LogP contribution in [0.15, 0.2) is 98.6 Å². The second kappa shape index (κ2) is 9.77. The topological polar surface area (TPSA) is 90.4 Å². The van der Waals surface area contributed by atoms with Crippen molar-refractivity contribution < 1.29 is 4.79 Å². The molecular weight excluding hydrogens is 522 g/mol. The number of fused-ring (bicyclic) bond motifs is 2. The minimum atomic E-state index is -0.639. The van der Waals surface area contributed by atoms with Crippen LogP contribution < -0.4 is 25.9 Å². The molecule has 8 nitrogen and oxygen atoms in total. The summed E-state index contributed by atoms with van der Waals surface area (Å²) in [6.07, 6.45) is 1.82. The normalized spacial score (nSPS) is 15.3. The van der Waals surface area contributed by atoms with E-state index >= 15 is 0 Å². The lowest BCUT2D eigenvalue weighted by atomic mass is 9.94. The fraction of sp³-hybridized carbons (Fsp3) is 0.161. The predicted octanol–water partition coefficient (Wildman–Crippen LogP) is 3.37. The first-order valence-electron chi connectivity index (χ1n) is 12.8. The zero-order valence-electron chi connectivity index (χ0n) is 22.5. The van der Waals surface area contributed by atoms with Gasteiger partial charge in [0.05, 0.1) is 32.9 Å². The molecule has 0 unspecified atom stereocenters. The molecule has 3 heterocycles. The van der Waals surface area contributed by atoms with Gasteiger partial charge in [-0.2, -0.15) is 0 Å². The van der Waals surface area contributed by atoms with Crippen molar-refractivity contribution in [3.63, 3.8) is 0 Å². The molecule has 2 aromatic heterocycles. The standard InChI is InChI=1S/C31H27N5O3S/c1-18-10-13-21(14-11-18)27-26(28(37)33-22-8-6-5-7-9-22)19(2)32-30-36(27)29(38)25(40-30)17-20-12-15-23-24(16-20)35(4)31(39)34(23)3/h5-17,27H,1-4H3,(H,33,37)/b25-17+/t27-/m1/s1. The molecule has 200 valence electrons. The Morgan fingerprint density at radius 3 is 2.35 bits per heavy atom. The Balaban J connectivity index is 1.51. The molecule has 5 aromatic rings. The lowest BCUT2D eigenvalue weighted by molar-refractivity contribution is -0.113. The van der Waals surface area contributed by atoms with Crippen LogP contribution in [0.2, 0.25) is 0 Å². The highest BCUT2D eigenvalue weighted by molar-refractivity contribution is 7.07. The Kier molecular flexibility index (Phi) is 6.23. The number of benzene rings is 3. The molecule has 0 bridgehead atoms. The van der Waals surface area contributed by atoms with E-state index in [2.05, 4.69) is 5.32 Å². The number of imidazole rings is 1. The molecule has 0 spiro atoms. The number of carbonyl (C=O) groups is 1. The Morgan fingerprint density at radius 2 is 1.62 bits per heavy atom. The average molecular weight is 550 g/mol. The Labute approximate surface area is 233 Å². The van der Waals surface area contributed by atoms with Crippen LogP contribution >= 0.6 is 11.3 Å². The SMILES string of the molecule is CC1=C(C(=O)Nc2ccccc2)[C@@H](c2ccc(C)cc2)n2c(s/c(=C/c3ccc4c(c3)n(C)c(=O)n4C)c2=O)=N1. The summed E-state index contributed by atoms with van der Waals surface area (Å²) >= 11 is 1.29. The summed E-state index contributed by atoms with van der Waals surface area (Å²) in [6.45, 7) is 3.81. The van der Waals surface area contributed by atoms with Crippen LogP contribution in [0, 0.1) is 6.92 Å². The molecule has 3 aromatic carbocycles. The number of nitrogens with zero attached hydrogens (tertiary/aromatic N) is 4. The number of aromatic nitrogens is 3. The molecule has 40 heavy (non-hydrogen) atoms. The maximum absolute atomic E-state index is 14.0. The summed E-state index contributed by atoms with van der Waals surface area (Å²) in [5.41, 5.74) is 5.61. The quantitative estimate of drug-likeness (QED) is 0.373. The number of anilines is 1. The molecule has 1 atom stereocenters. The molecule has 0 saturated carbocycles. The number of amides is 1. The van der Waals surface area contributed by atoms with Crippen LogP contribution in [0.25, 0.3) is 17.1 Å². The number of rotatable bonds is 4. The molecule has 1 N–H and O–H groups in total. The third-order valence-corrected chi connectivity index (χ3v) is 8.27. The van der Waals surface area contributed by atoms with E-state index in [-0.39, 0.29) is 17.2 Å². The van der Waals surface area contributed by atoms with Crippen molar-refractivity contribution in [3.05, 3.63) is 131 Å². The summed E-state index contributed by atoms with van der Waals surface area (Å²) in [6, 6.07) is 22.1. The first-order chi connectivity index (χ1) is 19.2. The van der Waals surface area contributed by atoms with Crippen molar-refractivity contribution in [1.29, 1.82) is 0 Å². The first kappa shape index (κ1) is 25.5. The largest absolute Gasteiger partial charge is 0.328 e. The van der Waals surface area contributed by atoms with E-state index in [9.17, 15) is 14.4 Å². The third kappa shape index (κ3) is 4.24. The van der Waals surface area contributed by atoms with Crippen LogP contribution in [0.1, 0.15) is 29.7 Å². The van der Waals surface area contributed by atoms with E-state index in [1.807, 2.05) is 92.7 Å². The number of hydrogen-bond donors (Lipinski definition) is 1. The highest BCUT2D eigenvalue weighted by Crippen LogP contribution is 2.31. The molecule has 1 amide bonds. The van der Waals surface area contributed by atoms with Crippen LogP contribution in [0.5, 0.6) is 0 Å².